The highest BCUT2D eigenvalue weighted by atomic mass is 19.1. The van der Waals surface area contributed by atoms with Crippen LogP contribution in [0, 0.1) is 5.82 Å². The highest BCUT2D eigenvalue weighted by molar-refractivity contribution is 5.98. The van der Waals surface area contributed by atoms with E-state index < -0.39 is 36.1 Å². The van der Waals surface area contributed by atoms with Gasteiger partial charge in [0.25, 0.3) is 0 Å². The number of aliphatic carboxylic acids is 1. The maximum absolute atomic E-state index is 13.4. The molecule has 0 heterocycles. The standard InChI is InChI=1S/C11H11FN2O5/c12-6-2-1-5(11(18)19)3-8(6)14-10(17)7(13)4-9(15)16/h1-3,7H,4,13H2,(H,14,17)(H,15,16)(H,18,19). The molecule has 1 aromatic carbocycles. The van der Waals surface area contributed by atoms with Gasteiger partial charge in [-0.15, -0.1) is 0 Å². The maximum Gasteiger partial charge on any atom is 0.335 e. The molecular formula is C11H11FN2O5. The number of amides is 1. The van der Waals surface area contributed by atoms with Crippen molar-refractivity contribution in [3.05, 3.63) is 29.6 Å². The van der Waals surface area contributed by atoms with Crippen molar-refractivity contribution in [2.24, 2.45) is 5.73 Å². The molecule has 1 aromatic rings. The Labute approximate surface area is 106 Å². The van der Waals surface area contributed by atoms with Gasteiger partial charge < -0.3 is 21.3 Å². The number of carboxylic acids is 2. The first-order valence-corrected chi connectivity index (χ1v) is 5.12. The number of nitrogens with two attached hydrogens (primary N) is 1. The Hall–Kier alpha value is -2.48. The van der Waals surface area contributed by atoms with Crippen LogP contribution in [0.5, 0.6) is 0 Å². The third kappa shape index (κ3) is 4.03. The van der Waals surface area contributed by atoms with E-state index in [0.29, 0.717) is 0 Å². The Kier molecular flexibility index (Phi) is 4.54. The summed E-state index contributed by atoms with van der Waals surface area (Å²) in [7, 11) is 0. The first-order valence-electron chi connectivity index (χ1n) is 5.12. The molecule has 1 unspecified atom stereocenters. The predicted molar refractivity (Wildman–Crippen MR) is 62.2 cm³/mol. The molecule has 0 aliphatic carbocycles. The molecule has 8 heteroatoms. The minimum absolute atomic E-state index is 0.219. The number of benzene rings is 1. The molecule has 102 valence electrons. The van der Waals surface area contributed by atoms with E-state index in [2.05, 4.69) is 0 Å². The summed E-state index contributed by atoms with van der Waals surface area (Å²) in [6.45, 7) is 0. The molecule has 0 fully saturated rings. The van der Waals surface area contributed by atoms with Crippen LogP contribution in [0.15, 0.2) is 18.2 Å². The number of carboxylic acid groups (broad SMARTS) is 2. The van der Waals surface area contributed by atoms with Gasteiger partial charge in [-0.05, 0) is 18.2 Å². The minimum Gasteiger partial charge on any atom is -0.481 e. The van der Waals surface area contributed by atoms with E-state index in [4.69, 9.17) is 15.9 Å². The Morgan fingerprint density at radius 1 is 1.32 bits per heavy atom. The second-order valence-electron chi connectivity index (χ2n) is 3.69. The average molecular weight is 270 g/mol. The molecule has 0 spiro atoms. The van der Waals surface area contributed by atoms with Crippen molar-refractivity contribution >= 4 is 23.5 Å². The SMILES string of the molecule is NC(CC(=O)O)C(=O)Nc1cc(C(=O)O)ccc1F. The lowest BCUT2D eigenvalue weighted by Gasteiger charge is -2.11. The van der Waals surface area contributed by atoms with Gasteiger partial charge in [-0.1, -0.05) is 0 Å². The number of carbonyl (C=O) groups is 3. The van der Waals surface area contributed by atoms with Gasteiger partial charge in [0.15, 0.2) is 0 Å². The van der Waals surface area contributed by atoms with Gasteiger partial charge in [0, 0.05) is 0 Å². The van der Waals surface area contributed by atoms with Crippen LogP contribution in [-0.4, -0.2) is 34.1 Å². The van der Waals surface area contributed by atoms with Gasteiger partial charge in [-0.25, -0.2) is 9.18 Å². The minimum atomic E-state index is -1.36. The van der Waals surface area contributed by atoms with Crippen molar-refractivity contribution in [2.45, 2.75) is 12.5 Å². The number of anilines is 1. The summed E-state index contributed by atoms with van der Waals surface area (Å²) >= 11 is 0. The molecule has 0 saturated heterocycles. The number of rotatable bonds is 5. The zero-order valence-corrected chi connectivity index (χ0v) is 9.59. The van der Waals surface area contributed by atoms with E-state index in [1.165, 1.54) is 0 Å². The van der Waals surface area contributed by atoms with E-state index in [1.54, 1.807) is 0 Å². The second-order valence-corrected chi connectivity index (χ2v) is 3.69. The fourth-order valence-corrected chi connectivity index (χ4v) is 1.26. The molecule has 1 rings (SSSR count). The van der Waals surface area contributed by atoms with Gasteiger partial charge in [-0.2, -0.15) is 0 Å². The molecule has 0 aromatic heterocycles. The largest absolute Gasteiger partial charge is 0.481 e. The molecule has 0 saturated carbocycles. The summed E-state index contributed by atoms with van der Waals surface area (Å²) in [5, 5.41) is 19.2. The lowest BCUT2D eigenvalue weighted by Crippen LogP contribution is -2.37. The Bertz CT molecular complexity index is 532. The summed E-state index contributed by atoms with van der Waals surface area (Å²) in [5.74, 6) is -4.32. The molecule has 19 heavy (non-hydrogen) atoms. The van der Waals surface area contributed by atoms with Crippen LogP contribution in [-0.2, 0) is 9.59 Å². The van der Waals surface area contributed by atoms with E-state index in [0.717, 1.165) is 18.2 Å². The third-order valence-corrected chi connectivity index (χ3v) is 2.20. The van der Waals surface area contributed by atoms with Crippen molar-refractivity contribution in [1.29, 1.82) is 0 Å². The molecule has 7 nitrogen and oxygen atoms in total. The maximum atomic E-state index is 13.4. The quantitative estimate of drug-likeness (QED) is 0.607. The van der Waals surface area contributed by atoms with Crippen molar-refractivity contribution in [3.8, 4) is 0 Å². The summed E-state index contributed by atoms with van der Waals surface area (Å²) in [6.07, 6.45) is -0.619. The molecule has 0 aliphatic rings. The highest BCUT2D eigenvalue weighted by Crippen LogP contribution is 2.16. The Morgan fingerprint density at radius 2 is 1.95 bits per heavy atom. The van der Waals surface area contributed by atoms with Crippen molar-refractivity contribution in [2.75, 3.05) is 5.32 Å². The second kappa shape index (κ2) is 5.91. The first-order chi connectivity index (χ1) is 8.81. The number of nitrogens with one attached hydrogen (secondary N) is 1. The summed E-state index contributed by atoms with van der Waals surface area (Å²) in [6, 6.07) is 1.47. The number of halogens is 1. The van der Waals surface area contributed by atoms with Crippen molar-refractivity contribution in [1.82, 2.24) is 0 Å². The number of hydrogen-bond acceptors (Lipinski definition) is 4. The van der Waals surface area contributed by atoms with E-state index in [-0.39, 0.29) is 11.3 Å². The summed E-state index contributed by atoms with van der Waals surface area (Å²) < 4.78 is 13.4. The van der Waals surface area contributed by atoms with Gasteiger partial charge in [0.05, 0.1) is 23.7 Å². The van der Waals surface area contributed by atoms with Gasteiger partial charge in [0.2, 0.25) is 5.91 Å². The van der Waals surface area contributed by atoms with Gasteiger partial charge in [-0.3, -0.25) is 9.59 Å². The molecule has 5 N–H and O–H groups in total. The lowest BCUT2D eigenvalue weighted by atomic mass is 10.1. The summed E-state index contributed by atoms with van der Waals surface area (Å²) in [5.41, 5.74) is 4.69. The van der Waals surface area contributed by atoms with E-state index in [9.17, 15) is 18.8 Å². The van der Waals surface area contributed by atoms with Crippen LogP contribution in [0.25, 0.3) is 0 Å². The zero-order chi connectivity index (χ0) is 14.6. The molecule has 0 aliphatic heterocycles. The van der Waals surface area contributed by atoms with Crippen LogP contribution in [0.4, 0.5) is 10.1 Å². The molecular weight excluding hydrogens is 259 g/mol. The monoisotopic (exact) mass is 270 g/mol. The lowest BCUT2D eigenvalue weighted by molar-refractivity contribution is -0.138. The van der Waals surface area contributed by atoms with E-state index >= 15 is 0 Å². The van der Waals surface area contributed by atoms with Gasteiger partial charge >= 0.3 is 11.9 Å². The molecule has 0 radical (unpaired) electrons. The smallest absolute Gasteiger partial charge is 0.335 e. The van der Waals surface area contributed by atoms with Crippen LogP contribution < -0.4 is 11.1 Å². The van der Waals surface area contributed by atoms with Crippen LogP contribution >= 0.6 is 0 Å². The predicted octanol–water partition coefficient (Wildman–Crippen LogP) is 0.264. The van der Waals surface area contributed by atoms with Crippen LogP contribution in [0.1, 0.15) is 16.8 Å². The fourth-order valence-electron chi connectivity index (χ4n) is 1.26. The van der Waals surface area contributed by atoms with Crippen LogP contribution in [0.3, 0.4) is 0 Å². The van der Waals surface area contributed by atoms with Crippen LogP contribution in [0.2, 0.25) is 0 Å². The molecule has 0 bridgehead atoms. The average Bonchev–Trinajstić information content (AvgIpc) is 2.30. The number of hydrogen-bond donors (Lipinski definition) is 4. The molecule has 1 atom stereocenters. The van der Waals surface area contributed by atoms with Crippen molar-refractivity contribution in [3.63, 3.8) is 0 Å². The Balaban J connectivity index is 2.86. The van der Waals surface area contributed by atoms with Gasteiger partial charge in [0.1, 0.15) is 5.82 Å². The molecule has 1 amide bonds. The summed E-state index contributed by atoms with van der Waals surface area (Å²) in [4.78, 5) is 32.5. The zero-order valence-electron chi connectivity index (χ0n) is 9.59. The van der Waals surface area contributed by atoms with E-state index in [1.807, 2.05) is 5.32 Å². The third-order valence-electron chi connectivity index (χ3n) is 2.20. The normalized spacial score (nSPS) is 11.7. The number of aromatic carboxylic acids is 1. The van der Waals surface area contributed by atoms with Crippen molar-refractivity contribution < 1.29 is 29.0 Å². The first kappa shape index (κ1) is 14.6. The Morgan fingerprint density at radius 3 is 2.47 bits per heavy atom. The number of carbonyl (C=O) groups excluding carboxylic acids is 1. The fraction of sp³-hybridized carbons (Fsp3) is 0.182. The topological polar surface area (TPSA) is 130 Å². The highest BCUT2D eigenvalue weighted by Gasteiger charge is 2.19.